The van der Waals surface area contributed by atoms with Gasteiger partial charge in [0.25, 0.3) is 0 Å². The molecule has 1 aromatic rings. The number of halogens is 1. The van der Waals surface area contributed by atoms with E-state index >= 15 is 0 Å². The number of benzene rings is 1. The highest BCUT2D eigenvalue weighted by Crippen LogP contribution is 2.56. The first-order chi connectivity index (χ1) is 21.7. The Balaban J connectivity index is 0.000000700. The van der Waals surface area contributed by atoms with Gasteiger partial charge in [-0.2, -0.15) is 0 Å². The zero-order valence-corrected chi connectivity index (χ0v) is 27.3. The van der Waals surface area contributed by atoms with Gasteiger partial charge < -0.3 is 19.8 Å². The molecule has 2 N–H and O–H groups in total. The van der Waals surface area contributed by atoms with E-state index in [1.54, 1.807) is 4.90 Å². The third-order valence-electron chi connectivity index (χ3n) is 9.95. The normalized spacial score (nSPS) is 24.8. The highest BCUT2D eigenvalue weighted by Gasteiger charge is 2.60. The van der Waals surface area contributed by atoms with Crippen molar-refractivity contribution < 1.29 is 34.1 Å². The lowest BCUT2D eigenvalue weighted by molar-refractivity contribution is -0.159. The molecule has 2 saturated carbocycles. The molecule has 5 rings (SSSR count). The van der Waals surface area contributed by atoms with Gasteiger partial charge in [-0.1, -0.05) is 69.5 Å². The van der Waals surface area contributed by atoms with E-state index in [0.717, 1.165) is 63.4 Å². The lowest BCUT2D eigenvalue weighted by Gasteiger charge is -2.38. The van der Waals surface area contributed by atoms with Crippen molar-refractivity contribution in [3.63, 3.8) is 0 Å². The van der Waals surface area contributed by atoms with Crippen LogP contribution in [0.3, 0.4) is 0 Å². The molecule has 250 valence electrons. The fourth-order valence-corrected chi connectivity index (χ4v) is 7.84. The first-order valence-corrected chi connectivity index (χ1v) is 17.2. The molecule has 2 saturated heterocycles. The standard InChI is InChI=1S/C32H48ClN3O3.C2H2O4/c1-2-3-4-5-6-7-8-9-19-39-28(22-34-15-17-35(18-16-34)27-12-10-11-26(33)21-27)23-36-31(37)29-24-13-14-25(20-24)30(29)32(36)38;3-1(4)2(5)6/h10-12,21,24-25,28-30H,2-9,13-20,22-23H2,1H3;(H,3,4)(H,5,6)/t24-,25?,28?,29-,30?;/m0./s1. The van der Waals surface area contributed by atoms with Gasteiger partial charge in [0.15, 0.2) is 0 Å². The summed E-state index contributed by atoms with van der Waals surface area (Å²) in [6, 6.07) is 8.06. The second kappa shape index (κ2) is 17.3. The van der Waals surface area contributed by atoms with Crippen LogP contribution in [0.5, 0.6) is 0 Å². The zero-order valence-electron chi connectivity index (χ0n) is 26.6. The summed E-state index contributed by atoms with van der Waals surface area (Å²) >= 11 is 6.22. The van der Waals surface area contributed by atoms with Crippen LogP contribution in [-0.2, 0) is 23.9 Å². The second-order valence-corrected chi connectivity index (χ2v) is 13.5. The Morgan fingerprint density at radius 1 is 0.867 bits per heavy atom. The van der Waals surface area contributed by atoms with Gasteiger partial charge >= 0.3 is 11.9 Å². The van der Waals surface area contributed by atoms with Crippen LogP contribution >= 0.6 is 11.6 Å². The monoisotopic (exact) mass is 647 g/mol. The molecule has 10 nitrogen and oxygen atoms in total. The number of aliphatic carboxylic acids is 2. The first kappa shape index (κ1) is 35.2. The topological polar surface area (TPSA) is 128 Å². The Morgan fingerprint density at radius 2 is 1.44 bits per heavy atom. The van der Waals surface area contributed by atoms with Crippen molar-refractivity contribution >= 4 is 41.0 Å². The minimum atomic E-state index is -1.82. The van der Waals surface area contributed by atoms with E-state index in [-0.39, 0.29) is 29.8 Å². The zero-order chi connectivity index (χ0) is 32.3. The second-order valence-electron chi connectivity index (χ2n) is 13.0. The van der Waals surface area contributed by atoms with Gasteiger partial charge in [-0.25, -0.2) is 9.59 Å². The number of imide groups is 1. The number of carbonyl (C=O) groups excluding carboxylic acids is 2. The van der Waals surface area contributed by atoms with E-state index in [0.29, 0.717) is 25.0 Å². The Morgan fingerprint density at radius 3 is 2.00 bits per heavy atom. The van der Waals surface area contributed by atoms with Gasteiger partial charge in [0.05, 0.1) is 24.5 Å². The number of carboxylic acids is 2. The number of rotatable bonds is 15. The number of piperazine rings is 1. The number of unbranched alkanes of at least 4 members (excludes halogenated alkanes) is 7. The van der Waals surface area contributed by atoms with Crippen LogP contribution in [0.25, 0.3) is 0 Å². The summed E-state index contributed by atoms with van der Waals surface area (Å²) in [5, 5.41) is 15.5. The third-order valence-corrected chi connectivity index (χ3v) is 10.2. The van der Waals surface area contributed by atoms with Gasteiger partial charge in [-0.05, 0) is 55.7 Å². The number of hydrogen-bond acceptors (Lipinski definition) is 7. The minimum absolute atomic E-state index is 0.0501. The summed E-state index contributed by atoms with van der Waals surface area (Å²) in [4.78, 5) is 51.4. The average Bonchev–Trinajstić information content (AvgIpc) is 3.71. The number of ether oxygens (including phenoxy) is 1. The van der Waals surface area contributed by atoms with E-state index in [1.165, 1.54) is 50.6 Å². The average molecular weight is 648 g/mol. The summed E-state index contributed by atoms with van der Waals surface area (Å²) in [5.74, 6) is -2.72. The maximum atomic E-state index is 13.4. The lowest BCUT2D eigenvalue weighted by atomic mass is 9.81. The number of likely N-dealkylation sites (tertiary alicyclic amines) is 1. The highest BCUT2D eigenvalue weighted by atomic mass is 35.5. The molecule has 2 heterocycles. The Labute approximate surface area is 272 Å². The van der Waals surface area contributed by atoms with E-state index in [9.17, 15) is 9.59 Å². The summed E-state index contributed by atoms with van der Waals surface area (Å²) in [6.45, 7) is 7.86. The Kier molecular flexibility index (Phi) is 13.5. The molecule has 2 aliphatic heterocycles. The number of carbonyl (C=O) groups is 4. The molecule has 3 unspecified atom stereocenters. The van der Waals surface area contributed by atoms with Crippen LogP contribution in [0.2, 0.25) is 5.02 Å². The van der Waals surface area contributed by atoms with E-state index < -0.39 is 11.9 Å². The summed E-state index contributed by atoms with van der Waals surface area (Å²) < 4.78 is 6.45. The number of fused-ring (bicyclic) bond motifs is 5. The van der Waals surface area contributed by atoms with Crippen molar-refractivity contribution in [2.45, 2.75) is 83.7 Å². The smallest absolute Gasteiger partial charge is 0.414 e. The highest BCUT2D eigenvalue weighted by molar-refractivity contribution is 6.30. The molecule has 0 radical (unpaired) electrons. The van der Waals surface area contributed by atoms with Crippen LogP contribution in [0.4, 0.5) is 5.69 Å². The summed E-state index contributed by atoms with van der Waals surface area (Å²) in [5.41, 5.74) is 1.17. The third kappa shape index (κ3) is 9.66. The predicted molar refractivity (Wildman–Crippen MR) is 172 cm³/mol. The van der Waals surface area contributed by atoms with Crippen molar-refractivity contribution in [2.24, 2.45) is 23.7 Å². The summed E-state index contributed by atoms with van der Waals surface area (Å²) in [6.07, 6.45) is 13.3. The quantitative estimate of drug-likeness (QED) is 0.150. The molecular weight excluding hydrogens is 598 g/mol. The number of amides is 2. The SMILES string of the molecule is CCCCCCCCCCOC(CN1CCN(c2cccc(Cl)c2)CC1)CN1C(=O)C2C3CC[C@@H](C3)[C@@H]2C1=O.O=C(O)C(=O)O. The fourth-order valence-electron chi connectivity index (χ4n) is 7.65. The van der Waals surface area contributed by atoms with Crippen LogP contribution < -0.4 is 4.90 Å². The molecule has 4 fully saturated rings. The lowest BCUT2D eigenvalue weighted by Crippen LogP contribution is -2.51. The van der Waals surface area contributed by atoms with Crippen LogP contribution in [0, 0.1) is 23.7 Å². The number of carboxylic acid groups (broad SMARTS) is 2. The molecule has 45 heavy (non-hydrogen) atoms. The van der Waals surface area contributed by atoms with Gasteiger partial charge in [-0.3, -0.25) is 19.4 Å². The van der Waals surface area contributed by atoms with Gasteiger partial charge in [0.1, 0.15) is 0 Å². The summed E-state index contributed by atoms with van der Waals surface area (Å²) in [7, 11) is 0. The molecular formula is C34H50ClN3O7. The van der Waals surface area contributed by atoms with Crippen molar-refractivity contribution in [3.8, 4) is 0 Å². The first-order valence-electron chi connectivity index (χ1n) is 16.9. The molecule has 11 heteroatoms. The molecule has 1 aromatic carbocycles. The van der Waals surface area contributed by atoms with Crippen LogP contribution in [0.1, 0.15) is 77.6 Å². The molecule has 5 atom stereocenters. The van der Waals surface area contributed by atoms with E-state index in [4.69, 9.17) is 36.1 Å². The Bertz CT molecular complexity index is 1120. The van der Waals surface area contributed by atoms with Gasteiger partial charge in [0, 0.05) is 50.0 Å². The van der Waals surface area contributed by atoms with Crippen LogP contribution in [0.15, 0.2) is 24.3 Å². The molecule has 2 bridgehead atoms. The van der Waals surface area contributed by atoms with Crippen LogP contribution in [-0.4, -0.2) is 95.7 Å². The molecule has 4 aliphatic rings. The maximum absolute atomic E-state index is 13.4. The largest absolute Gasteiger partial charge is 0.473 e. The predicted octanol–water partition coefficient (Wildman–Crippen LogP) is 5.17. The van der Waals surface area contributed by atoms with E-state index in [1.807, 2.05) is 18.2 Å². The number of anilines is 1. The maximum Gasteiger partial charge on any atom is 0.414 e. The number of nitrogens with zero attached hydrogens (tertiary/aromatic N) is 3. The fraction of sp³-hybridized carbons (Fsp3) is 0.706. The van der Waals surface area contributed by atoms with Crippen molar-refractivity contribution in [1.29, 1.82) is 0 Å². The van der Waals surface area contributed by atoms with Crippen molar-refractivity contribution in [1.82, 2.24) is 9.80 Å². The Hall–Kier alpha value is -2.69. The number of hydrogen-bond donors (Lipinski definition) is 2. The van der Waals surface area contributed by atoms with Crippen molar-refractivity contribution in [3.05, 3.63) is 29.3 Å². The molecule has 0 aromatic heterocycles. The van der Waals surface area contributed by atoms with Gasteiger partial charge in [-0.15, -0.1) is 0 Å². The molecule has 2 aliphatic carbocycles. The van der Waals surface area contributed by atoms with Crippen molar-refractivity contribution in [2.75, 3.05) is 50.8 Å². The molecule has 0 spiro atoms. The molecule has 2 amide bonds. The van der Waals surface area contributed by atoms with E-state index in [2.05, 4.69) is 22.8 Å². The van der Waals surface area contributed by atoms with Gasteiger partial charge in [0.2, 0.25) is 11.8 Å². The minimum Gasteiger partial charge on any atom is -0.473 e.